The summed E-state index contributed by atoms with van der Waals surface area (Å²) >= 11 is 0. The van der Waals surface area contributed by atoms with E-state index >= 15 is 0 Å². The lowest BCUT2D eigenvalue weighted by molar-refractivity contribution is 0.604. The Bertz CT molecular complexity index is 582. The van der Waals surface area contributed by atoms with Crippen molar-refractivity contribution in [3.8, 4) is 11.1 Å². The highest BCUT2D eigenvalue weighted by Crippen LogP contribution is 2.39. The number of benzene rings is 2. The first-order valence-corrected chi connectivity index (χ1v) is 11.5. The van der Waals surface area contributed by atoms with Crippen molar-refractivity contribution >= 4 is 8.80 Å². The van der Waals surface area contributed by atoms with Crippen molar-refractivity contribution in [1.29, 1.82) is 0 Å². The van der Waals surface area contributed by atoms with E-state index in [4.69, 9.17) is 0 Å². The lowest BCUT2D eigenvalue weighted by atomic mass is 9.87. The van der Waals surface area contributed by atoms with Gasteiger partial charge in [0.05, 0.1) is 0 Å². The second-order valence-corrected chi connectivity index (χ2v) is 9.93. The molecule has 0 spiro atoms. The maximum absolute atomic E-state index is 2.38. The maximum atomic E-state index is 2.38. The molecule has 23 heavy (non-hydrogen) atoms. The first-order chi connectivity index (χ1) is 11.4. The minimum Gasteiger partial charge on any atom is -0.0654 e. The molecule has 0 nitrogen and oxygen atoms in total. The molecule has 0 aromatic heterocycles. The first kappa shape index (κ1) is 16.5. The van der Waals surface area contributed by atoms with E-state index in [9.17, 15) is 0 Å². The Morgan fingerprint density at radius 2 is 1.57 bits per heavy atom. The van der Waals surface area contributed by atoms with Crippen LogP contribution in [0.2, 0.25) is 18.1 Å². The number of hydrogen-bond donors (Lipinski definition) is 0. The Morgan fingerprint density at radius 1 is 0.870 bits per heavy atom. The van der Waals surface area contributed by atoms with Crippen molar-refractivity contribution in [2.24, 2.45) is 0 Å². The summed E-state index contributed by atoms with van der Waals surface area (Å²) in [6.07, 6.45) is 7.13. The smallest absolute Gasteiger partial charge is 0.0479 e. The molecule has 0 bridgehead atoms. The van der Waals surface area contributed by atoms with Gasteiger partial charge in [0.25, 0.3) is 0 Å². The summed E-state index contributed by atoms with van der Waals surface area (Å²) in [7, 11) is -0.0367. The average Bonchev–Trinajstić information content (AvgIpc) is 2.63. The normalized spacial score (nSPS) is 16.6. The van der Waals surface area contributed by atoms with Crippen molar-refractivity contribution in [3.63, 3.8) is 0 Å². The van der Waals surface area contributed by atoms with E-state index in [0.29, 0.717) is 0 Å². The fourth-order valence-corrected chi connectivity index (χ4v) is 6.96. The van der Waals surface area contributed by atoms with Gasteiger partial charge in [0.2, 0.25) is 0 Å². The predicted octanol–water partition coefficient (Wildman–Crippen LogP) is 6.92. The Balaban J connectivity index is 1.67. The minimum atomic E-state index is -0.0367. The SMILES string of the molecule is CCCCC[Si]1CCC(c2ccccc2-c2ccccc2)CC1. The molecule has 2 aromatic carbocycles. The second kappa shape index (κ2) is 8.49. The Labute approximate surface area is 143 Å². The van der Waals surface area contributed by atoms with Crippen LogP contribution in [-0.2, 0) is 0 Å². The van der Waals surface area contributed by atoms with E-state index < -0.39 is 0 Å². The summed E-state index contributed by atoms with van der Waals surface area (Å²) in [4.78, 5) is 0. The topological polar surface area (TPSA) is 0 Å². The highest BCUT2D eigenvalue weighted by molar-refractivity contribution is 6.59. The van der Waals surface area contributed by atoms with Crippen molar-refractivity contribution in [1.82, 2.24) is 0 Å². The van der Waals surface area contributed by atoms with Gasteiger partial charge in [0.15, 0.2) is 0 Å². The summed E-state index contributed by atoms with van der Waals surface area (Å²) in [6, 6.07) is 24.6. The van der Waals surface area contributed by atoms with Gasteiger partial charge in [0.1, 0.15) is 0 Å². The zero-order valence-electron chi connectivity index (χ0n) is 14.4. The van der Waals surface area contributed by atoms with Gasteiger partial charge < -0.3 is 0 Å². The fourth-order valence-electron chi connectivity index (χ4n) is 3.95. The Hall–Kier alpha value is -1.34. The van der Waals surface area contributed by atoms with Crippen LogP contribution in [0.3, 0.4) is 0 Å². The van der Waals surface area contributed by atoms with Crippen LogP contribution in [0.1, 0.15) is 50.5 Å². The van der Waals surface area contributed by atoms with E-state index in [-0.39, 0.29) is 8.80 Å². The lowest BCUT2D eigenvalue weighted by Gasteiger charge is -2.29. The molecule has 0 N–H and O–H groups in total. The number of rotatable bonds is 6. The molecule has 1 radical (unpaired) electrons. The molecular formula is C22H29Si. The molecular weight excluding hydrogens is 292 g/mol. The first-order valence-electron chi connectivity index (χ1n) is 9.36. The third-order valence-corrected chi connectivity index (χ3v) is 8.36. The molecule has 1 saturated heterocycles. The predicted molar refractivity (Wildman–Crippen MR) is 104 cm³/mol. The molecule has 0 atom stereocenters. The van der Waals surface area contributed by atoms with Crippen molar-refractivity contribution in [2.45, 2.75) is 63.1 Å². The monoisotopic (exact) mass is 321 g/mol. The summed E-state index contributed by atoms with van der Waals surface area (Å²) in [6.45, 7) is 2.31. The van der Waals surface area contributed by atoms with E-state index in [2.05, 4.69) is 61.5 Å². The van der Waals surface area contributed by atoms with Gasteiger partial charge in [-0.2, -0.15) is 0 Å². The molecule has 0 aliphatic carbocycles. The van der Waals surface area contributed by atoms with E-state index in [0.717, 1.165) is 5.92 Å². The van der Waals surface area contributed by atoms with Gasteiger partial charge in [-0.05, 0) is 35.4 Å². The van der Waals surface area contributed by atoms with Crippen molar-refractivity contribution in [3.05, 3.63) is 60.2 Å². The lowest BCUT2D eigenvalue weighted by Crippen LogP contribution is -2.20. The number of unbranched alkanes of at least 4 members (excludes halogenated alkanes) is 2. The largest absolute Gasteiger partial charge is 0.0654 e. The molecule has 121 valence electrons. The van der Waals surface area contributed by atoms with Crippen molar-refractivity contribution in [2.75, 3.05) is 0 Å². The van der Waals surface area contributed by atoms with Crippen LogP contribution >= 0.6 is 0 Å². The Kier molecular flexibility index (Phi) is 6.10. The summed E-state index contributed by atoms with van der Waals surface area (Å²) in [5.74, 6) is 0.784. The van der Waals surface area contributed by atoms with Gasteiger partial charge in [-0.15, -0.1) is 0 Å². The van der Waals surface area contributed by atoms with Crippen LogP contribution in [0, 0.1) is 0 Å². The second-order valence-electron chi connectivity index (χ2n) is 6.93. The summed E-state index contributed by atoms with van der Waals surface area (Å²) in [5, 5.41) is 0. The Morgan fingerprint density at radius 3 is 2.30 bits per heavy atom. The van der Waals surface area contributed by atoms with Crippen LogP contribution < -0.4 is 0 Å². The molecule has 1 heteroatoms. The minimum absolute atomic E-state index is 0.0367. The third kappa shape index (κ3) is 4.35. The van der Waals surface area contributed by atoms with E-state index in [1.165, 1.54) is 55.3 Å². The average molecular weight is 322 g/mol. The van der Waals surface area contributed by atoms with Gasteiger partial charge in [-0.3, -0.25) is 0 Å². The van der Waals surface area contributed by atoms with Crippen LogP contribution in [-0.4, -0.2) is 8.80 Å². The zero-order chi connectivity index (χ0) is 15.9. The fraction of sp³-hybridized carbons (Fsp3) is 0.455. The van der Waals surface area contributed by atoms with Gasteiger partial charge in [-0.25, -0.2) is 0 Å². The molecule has 0 saturated carbocycles. The van der Waals surface area contributed by atoms with Gasteiger partial charge in [-0.1, -0.05) is 98.9 Å². The van der Waals surface area contributed by atoms with E-state index in [1.807, 2.05) is 0 Å². The van der Waals surface area contributed by atoms with Gasteiger partial charge in [0, 0.05) is 8.80 Å². The van der Waals surface area contributed by atoms with Crippen LogP contribution in [0.5, 0.6) is 0 Å². The van der Waals surface area contributed by atoms with Crippen molar-refractivity contribution < 1.29 is 0 Å². The summed E-state index contributed by atoms with van der Waals surface area (Å²) in [5.41, 5.74) is 4.43. The van der Waals surface area contributed by atoms with Gasteiger partial charge >= 0.3 is 0 Å². The molecule has 1 fully saturated rings. The molecule has 1 aliphatic heterocycles. The number of hydrogen-bond acceptors (Lipinski definition) is 0. The van der Waals surface area contributed by atoms with E-state index in [1.54, 1.807) is 11.6 Å². The maximum Gasteiger partial charge on any atom is 0.0479 e. The van der Waals surface area contributed by atoms with Crippen LogP contribution in [0.25, 0.3) is 11.1 Å². The molecule has 3 rings (SSSR count). The highest BCUT2D eigenvalue weighted by atomic mass is 28.3. The van der Waals surface area contributed by atoms with Crippen LogP contribution in [0.15, 0.2) is 54.6 Å². The molecule has 1 aliphatic rings. The molecule has 0 amide bonds. The van der Waals surface area contributed by atoms with Crippen LogP contribution in [0.4, 0.5) is 0 Å². The molecule has 2 aromatic rings. The molecule has 0 unspecified atom stereocenters. The quantitative estimate of drug-likeness (QED) is 0.400. The standard InChI is InChI=1S/C22H29Si/c1-2-3-9-16-23-17-14-20(15-18-23)22-13-8-7-12-21(22)19-10-5-4-6-11-19/h4-8,10-13,20H,2-3,9,14-18H2,1H3. The third-order valence-electron chi connectivity index (χ3n) is 5.31. The highest BCUT2D eigenvalue weighted by Gasteiger charge is 2.24. The molecule has 1 heterocycles. The zero-order valence-corrected chi connectivity index (χ0v) is 15.4. The summed E-state index contributed by atoms with van der Waals surface area (Å²) < 4.78 is 0.